The summed E-state index contributed by atoms with van der Waals surface area (Å²) >= 11 is 0. The molecule has 0 aliphatic carbocycles. The molecule has 0 radical (unpaired) electrons. The van der Waals surface area contributed by atoms with E-state index >= 15 is 0 Å². The van der Waals surface area contributed by atoms with E-state index in [-0.39, 0.29) is 5.91 Å². The molecule has 0 bridgehead atoms. The van der Waals surface area contributed by atoms with E-state index in [0.29, 0.717) is 19.5 Å². The molecule has 1 amide bonds. The zero-order chi connectivity index (χ0) is 20.5. The Balaban J connectivity index is 1.39. The van der Waals surface area contributed by atoms with Crippen molar-refractivity contribution in [3.05, 3.63) is 78.6 Å². The van der Waals surface area contributed by atoms with Crippen LogP contribution < -0.4 is 0 Å². The summed E-state index contributed by atoms with van der Waals surface area (Å²) in [6, 6.07) is 18.1. The van der Waals surface area contributed by atoms with E-state index in [1.165, 1.54) is 11.9 Å². The maximum absolute atomic E-state index is 13.0. The summed E-state index contributed by atoms with van der Waals surface area (Å²) in [5.41, 5.74) is 5.09. The standard InChI is InChI=1S/C23H21N5O2/c1-16(28-15-24-14-25-28)23(29)27-12-11-21-20(13-27)22(26-30-21)19-9-7-18(8-10-19)17-5-3-2-4-6-17/h2-10,14-16H,11-13H2,1H3/t16-/m1/s1. The summed E-state index contributed by atoms with van der Waals surface area (Å²) in [6.45, 7) is 2.92. The first-order valence-corrected chi connectivity index (χ1v) is 9.97. The third-order valence-electron chi connectivity index (χ3n) is 5.60. The van der Waals surface area contributed by atoms with Gasteiger partial charge in [-0.3, -0.25) is 4.79 Å². The fourth-order valence-electron chi connectivity index (χ4n) is 3.87. The third-order valence-corrected chi connectivity index (χ3v) is 5.60. The van der Waals surface area contributed by atoms with Crippen molar-refractivity contribution in [3.63, 3.8) is 0 Å². The van der Waals surface area contributed by atoms with Gasteiger partial charge in [-0.1, -0.05) is 59.8 Å². The molecule has 0 unspecified atom stereocenters. The minimum Gasteiger partial charge on any atom is -0.360 e. The van der Waals surface area contributed by atoms with Gasteiger partial charge in [0.25, 0.3) is 0 Å². The van der Waals surface area contributed by atoms with Gasteiger partial charge in [0.15, 0.2) is 0 Å². The molecule has 1 aliphatic heterocycles. The van der Waals surface area contributed by atoms with Gasteiger partial charge in [0.2, 0.25) is 5.91 Å². The van der Waals surface area contributed by atoms with Crippen molar-refractivity contribution < 1.29 is 9.32 Å². The molecule has 0 fully saturated rings. The van der Waals surface area contributed by atoms with Gasteiger partial charge in [-0.25, -0.2) is 9.67 Å². The van der Waals surface area contributed by atoms with E-state index in [1.54, 1.807) is 11.0 Å². The Morgan fingerprint density at radius 2 is 1.77 bits per heavy atom. The number of fused-ring (bicyclic) bond motifs is 1. The second-order valence-electron chi connectivity index (χ2n) is 7.44. The molecule has 7 heteroatoms. The summed E-state index contributed by atoms with van der Waals surface area (Å²) < 4.78 is 7.18. The number of amides is 1. The summed E-state index contributed by atoms with van der Waals surface area (Å²) in [4.78, 5) is 18.7. The Bertz CT molecular complexity index is 1150. The fraction of sp³-hybridized carbons (Fsp3) is 0.217. The summed E-state index contributed by atoms with van der Waals surface area (Å²) in [5, 5.41) is 8.41. The molecular formula is C23H21N5O2. The highest BCUT2D eigenvalue weighted by Gasteiger charge is 2.30. The van der Waals surface area contributed by atoms with Crippen LogP contribution in [-0.4, -0.2) is 37.3 Å². The highest BCUT2D eigenvalue weighted by Crippen LogP contribution is 2.32. The SMILES string of the molecule is C[C@H](C(=O)N1CCc2onc(-c3ccc(-c4ccccc4)cc3)c2C1)n1cncn1. The van der Waals surface area contributed by atoms with Gasteiger partial charge >= 0.3 is 0 Å². The minimum atomic E-state index is -0.400. The molecule has 5 rings (SSSR count). The number of carbonyl (C=O) groups excluding carboxylic acids is 1. The Hall–Kier alpha value is -3.74. The number of hydrogen-bond donors (Lipinski definition) is 0. The first-order valence-electron chi connectivity index (χ1n) is 9.97. The summed E-state index contributed by atoms with van der Waals surface area (Å²) in [7, 11) is 0. The molecule has 4 aromatic rings. The predicted octanol–water partition coefficient (Wildman–Crippen LogP) is 3.75. The molecule has 2 aromatic carbocycles. The molecule has 30 heavy (non-hydrogen) atoms. The van der Waals surface area contributed by atoms with Crippen LogP contribution in [-0.2, 0) is 17.8 Å². The highest BCUT2D eigenvalue weighted by molar-refractivity contribution is 5.80. The van der Waals surface area contributed by atoms with Gasteiger partial charge in [0.1, 0.15) is 30.2 Å². The molecule has 1 aliphatic rings. The lowest BCUT2D eigenvalue weighted by atomic mass is 9.98. The number of hydrogen-bond acceptors (Lipinski definition) is 5. The Labute approximate surface area is 174 Å². The lowest BCUT2D eigenvalue weighted by Gasteiger charge is -2.28. The smallest absolute Gasteiger partial charge is 0.247 e. The molecule has 0 saturated carbocycles. The average molecular weight is 399 g/mol. The van der Waals surface area contributed by atoms with E-state index in [2.05, 4.69) is 51.6 Å². The van der Waals surface area contributed by atoms with E-state index < -0.39 is 6.04 Å². The normalized spacial score (nSPS) is 14.4. The van der Waals surface area contributed by atoms with Crippen LogP contribution in [0.15, 0.2) is 71.8 Å². The van der Waals surface area contributed by atoms with Crippen LogP contribution in [0.2, 0.25) is 0 Å². The molecular weight excluding hydrogens is 378 g/mol. The van der Waals surface area contributed by atoms with Crippen molar-refractivity contribution in [3.8, 4) is 22.4 Å². The average Bonchev–Trinajstić information content (AvgIpc) is 3.49. The first kappa shape index (κ1) is 18.3. The van der Waals surface area contributed by atoms with Crippen LogP contribution in [0.1, 0.15) is 24.3 Å². The fourth-order valence-corrected chi connectivity index (χ4v) is 3.87. The number of benzene rings is 2. The summed E-state index contributed by atoms with van der Waals surface area (Å²) in [6.07, 6.45) is 3.66. The minimum absolute atomic E-state index is 0.0118. The van der Waals surface area contributed by atoms with Gasteiger partial charge in [0.05, 0.1) is 6.54 Å². The van der Waals surface area contributed by atoms with Gasteiger partial charge in [0, 0.05) is 24.1 Å². The van der Waals surface area contributed by atoms with Gasteiger partial charge in [-0.2, -0.15) is 5.10 Å². The Morgan fingerprint density at radius 1 is 1.03 bits per heavy atom. The number of nitrogens with zero attached hydrogens (tertiary/aromatic N) is 5. The second-order valence-corrected chi connectivity index (χ2v) is 7.44. The van der Waals surface area contributed by atoms with E-state index in [0.717, 1.165) is 28.1 Å². The van der Waals surface area contributed by atoms with Crippen LogP contribution >= 0.6 is 0 Å². The molecule has 2 aromatic heterocycles. The number of carbonyl (C=O) groups is 1. The van der Waals surface area contributed by atoms with Crippen LogP contribution in [0.4, 0.5) is 0 Å². The predicted molar refractivity (Wildman–Crippen MR) is 111 cm³/mol. The first-order chi connectivity index (χ1) is 14.7. The molecule has 0 N–H and O–H groups in total. The van der Waals surface area contributed by atoms with E-state index in [9.17, 15) is 4.79 Å². The lowest BCUT2D eigenvalue weighted by molar-refractivity contribution is -0.135. The van der Waals surface area contributed by atoms with Crippen molar-refractivity contribution in [2.45, 2.75) is 25.9 Å². The van der Waals surface area contributed by atoms with Crippen molar-refractivity contribution in [2.24, 2.45) is 0 Å². The largest absolute Gasteiger partial charge is 0.360 e. The molecule has 7 nitrogen and oxygen atoms in total. The summed E-state index contributed by atoms with van der Waals surface area (Å²) in [5.74, 6) is 0.868. The van der Waals surface area contributed by atoms with Crippen LogP contribution in [0, 0.1) is 0 Å². The maximum atomic E-state index is 13.0. The van der Waals surface area contributed by atoms with Gasteiger partial charge < -0.3 is 9.42 Å². The molecule has 0 spiro atoms. The maximum Gasteiger partial charge on any atom is 0.247 e. The molecule has 3 heterocycles. The van der Waals surface area contributed by atoms with Crippen molar-refractivity contribution in [1.29, 1.82) is 0 Å². The topological polar surface area (TPSA) is 77.0 Å². The zero-order valence-corrected chi connectivity index (χ0v) is 16.6. The van der Waals surface area contributed by atoms with Crippen molar-refractivity contribution in [1.82, 2.24) is 24.8 Å². The van der Waals surface area contributed by atoms with Crippen LogP contribution in [0.3, 0.4) is 0 Å². The Morgan fingerprint density at radius 3 is 2.50 bits per heavy atom. The monoisotopic (exact) mass is 399 g/mol. The Kier molecular flexibility index (Phi) is 4.63. The van der Waals surface area contributed by atoms with Crippen molar-refractivity contribution in [2.75, 3.05) is 6.54 Å². The second kappa shape index (κ2) is 7.59. The van der Waals surface area contributed by atoms with E-state index in [4.69, 9.17) is 4.52 Å². The highest BCUT2D eigenvalue weighted by atomic mass is 16.5. The molecule has 0 saturated heterocycles. The van der Waals surface area contributed by atoms with Crippen LogP contribution in [0.5, 0.6) is 0 Å². The van der Waals surface area contributed by atoms with E-state index in [1.807, 2.05) is 30.0 Å². The van der Waals surface area contributed by atoms with Crippen LogP contribution in [0.25, 0.3) is 22.4 Å². The number of aromatic nitrogens is 4. The quantitative estimate of drug-likeness (QED) is 0.522. The van der Waals surface area contributed by atoms with Gasteiger partial charge in [-0.15, -0.1) is 0 Å². The van der Waals surface area contributed by atoms with Gasteiger partial charge in [-0.05, 0) is 18.1 Å². The molecule has 1 atom stereocenters. The number of rotatable bonds is 4. The lowest BCUT2D eigenvalue weighted by Crippen LogP contribution is -2.39. The zero-order valence-electron chi connectivity index (χ0n) is 16.6. The third kappa shape index (κ3) is 3.28. The molecule has 150 valence electrons. The van der Waals surface area contributed by atoms with Crippen molar-refractivity contribution >= 4 is 5.91 Å².